The van der Waals surface area contributed by atoms with Crippen LogP contribution >= 0.6 is 0 Å². The lowest BCUT2D eigenvalue weighted by molar-refractivity contribution is 0.0602. The average molecular weight is 250 g/mol. The van der Waals surface area contributed by atoms with Crippen LogP contribution in [0, 0.1) is 17.8 Å². The molecule has 0 amide bonds. The lowest BCUT2D eigenvalue weighted by atomic mass is 9.82. The van der Waals surface area contributed by atoms with Gasteiger partial charge in [0.1, 0.15) is 0 Å². The van der Waals surface area contributed by atoms with Crippen molar-refractivity contribution in [2.45, 2.75) is 64.5 Å². The smallest absolute Gasteiger partial charge is 0.0278 e. The minimum atomic E-state index is 0.351. The molecule has 5 atom stereocenters. The highest BCUT2D eigenvalue weighted by molar-refractivity contribution is 4.98. The van der Waals surface area contributed by atoms with Crippen LogP contribution in [0.25, 0.3) is 0 Å². The molecule has 2 aliphatic carbocycles. The van der Waals surface area contributed by atoms with Gasteiger partial charge in [0.05, 0.1) is 0 Å². The second-order valence-electron chi connectivity index (χ2n) is 7.39. The Labute approximate surface area is 113 Å². The van der Waals surface area contributed by atoms with Crippen molar-refractivity contribution in [3.63, 3.8) is 0 Å². The van der Waals surface area contributed by atoms with E-state index in [-0.39, 0.29) is 0 Å². The molecule has 3 fully saturated rings. The van der Waals surface area contributed by atoms with Crippen LogP contribution in [0.2, 0.25) is 0 Å². The van der Waals surface area contributed by atoms with Crippen molar-refractivity contribution in [2.75, 3.05) is 19.6 Å². The second-order valence-corrected chi connectivity index (χ2v) is 7.39. The van der Waals surface area contributed by atoms with E-state index in [1.54, 1.807) is 6.42 Å². The Hall–Kier alpha value is -0.0800. The summed E-state index contributed by atoms with van der Waals surface area (Å²) in [5, 5.41) is 3.71. The molecule has 18 heavy (non-hydrogen) atoms. The van der Waals surface area contributed by atoms with Gasteiger partial charge in [-0.15, -0.1) is 0 Å². The Balaban J connectivity index is 1.63. The van der Waals surface area contributed by atoms with Gasteiger partial charge in [0.25, 0.3) is 0 Å². The minimum absolute atomic E-state index is 0.351. The standard InChI is InChI=1S/C16H30N2/c1-4-16(3)11-18(8-7-17-16)12(2)15-10-13-5-6-14(15)9-13/h12-15,17H,4-11H2,1-3H3. The molecule has 0 spiro atoms. The summed E-state index contributed by atoms with van der Waals surface area (Å²) in [5.41, 5.74) is 0.351. The molecule has 2 heteroatoms. The summed E-state index contributed by atoms with van der Waals surface area (Å²) in [6.07, 6.45) is 7.37. The summed E-state index contributed by atoms with van der Waals surface area (Å²) in [7, 11) is 0. The number of nitrogens with zero attached hydrogens (tertiary/aromatic N) is 1. The van der Waals surface area contributed by atoms with E-state index in [9.17, 15) is 0 Å². The first-order valence-corrected chi connectivity index (χ1v) is 8.10. The third-order valence-electron chi connectivity index (χ3n) is 6.27. The fourth-order valence-electron chi connectivity index (χ4n) is 4.82. The summed E-state index contributed by atoms with van der Waals surface area (Å²) < 4.78 is 0. The summed E-state index contributed by atoms with van der Waals surface area (Å²) in [5.74, 6) is 3.15. The highest BCUT2D eigenvalue weighted by atomic mass is 15.2. The van der Waals surface area contributed by atoms with Crippen molar-refractivity contribution in [3.05, 3.63) is 0 Å². The molecule has 3 aliphatic rings. The van der Waals surface area contributed by atoms with Gasteiger partial charge in [-0.25, -0.2) is 0 Å². The SMILES string of the molecule is CCC1(C)CN(C(C)C2CC3CCC2C3)CCN1. The molecule has 2 nitrogen and oxygen atoms in total. The maximum atomic E-state index is 3.71. The molecule has 0 aromatic carbocycles. The van der Waals surface area contributed by atoms with Crippen molar-refractivity contribution in [3.8, 4) is 0 Å². The van der Waals surface area contributed by atoms with Crippen LogP contribution < -0.4 is 5.32 Å². The zero-order valence-electron chi connectivity index (χ0n) is 12.4. The van der Waals surface area contributed by atoms with Crippen LogP contribution in [0.3, 0.4) is 0 Å². The lowest BCUT2D eigenvalue weighted by Gasteiger charge is -2.46. The number of hydrogen-bond donors (Lipinski definition) is 1. The number of nitrogens with one attached hydrogen (secondary N) is 1. The summed E-state index contributed by atoms with van der Waals surface area (Å²) in [6, 6.07) is 0.813. The van der Waals surface area contributed by atoms with Crippen LogP contribution in [-0.2, 0) is 0 Å². The van der Waals surface area contributed by atoms with Gasteiger partial charge in [0.15, 0.2) is 0 Å². The molecule has 0 radical (unpaired) electrons. The van der Waals surface area contributed by atoms with Crippen molar-refractivity contribution in [1.29, 1.82) is 0 Å². The molecule has 2 saturated carbocycles. The predicted octanol–water partition coefficient (Wildman–Crippen LogP) is 2.89. The first-order valence-electron chi connectivity index (χ1n) is 8.10. The molecule has 2 bridgehead atoms. The molecule has 1 saturated heterocycles. The van der Waals surface area contributed by atoms with E-state index in [0.717, 1.165) is 23.8 Å². The first-order chi connectivity index (χ1) is 8.61. The third kappa shape index (κ3) is 2.22. The fraction of sp³-hybridized carbons (Fsp3) is 1.00. The highest BCUT2D eigenvalue weighted by Crippen LogP contribution is 2.50. The van der Waals surface area contributed by atoms with Gasteiger partial charge in [-0.2, -0.15) is 0 Å². The normalized spacial score (nSPS) is 46.5. The molecule has 5 unspecified atom stereocenters. The fourth-order valence-corrected chi connectivity index (χ4v) is 4.82. The van der Waals surface area contributed by atoms with E-state index in [1.165, 1.54) is 45.3 Å². The van der Waals surface area contributed by atoms with E-state index < -0.39 is 0 Å². The molecule has 1 heterocycles. The number of rotatable bonds is 3. The minimum Gasteiger partial charge on any atom is -0.309 e. The summed E-state index contributed by atoms with van der Waals surface area (Å²) >= 11 is 0. The maximum absolute atomic E-state index is 3.71. The zero-order chi connectivity index (χ0) is 12.8. The third-order valence-corrected chi connectivity index (χ3v) is 6.27. The van der Waals surface area contributed by atoms with Crippen LogP contribution in [0.15, 0.2) is 0 Å². The molecular formula is C16H30N2. The largest absolute Gasteiger partial charge is 0.309 e. The Morgan fingerprint density at radius 3 is 2.78 bits per heavy atom. The van der Waals surface area contributed by atoms with Crippen LogP contribution in [0.4, 0.5) is 0 Å². The van der Waals surface area contributed by atoms with Gasteiger partial charge in [-0.3, -0.25) is 4.90 Å². The molecule has 0 aromatic rings. The molecule has 104 valence electrons. The Bertz CT molecular complexity index is 303. The van der Waals surface area contributed by atoms with Crippen molar-refractivity contribution < 1.29 is 0 Å². The molecular weight excluding hydrogens is 220 g/mol. The summed E-state index contributed by atoms with van der Waals surface area (Å²) in [6.45, 7) is 10.9. The Morgan fingerprint density at radius 1 is 1.33 bits per heavy atom. The van der Waals surface area contributed by atoms with E-state index in [2.05, 4.69) is 31.0 Å². The quantitative estimate of drug-likeness (QED) is 0.828. The molecule has 0 aromatic heterocycles. The van der Waals surface area contributed by atoms with Crippen molar-refractivity contribution in [1.82, 2.24) is 10.2 Å². The van der Waals surface area contributed by atoms with Gasteiger partial charge in [0.2, 0.25) is 0 Å². The first kappa shape index (κ1) is 12.9. The average Bonchev–Trinajstić information content (AvgIpc) is 3.00. The molecule has 3 rings (SSSR count). The Morgan fingerprint density at radius 2 is 2.17 bits per heavy atom. The van der Waals surface area contributed by atoms with Crippen LogP contribution in [0.1, 0.15) is 52.9 Å². The van der Waals surface area contributed by atoms with Crippen LogP contribution in [-0.4, -0.2) is 36.1 Å². The molecule has 1 N–H and O–H groups in total. The zero-order valence-corrected chi connectivity index (χ0v) is 12.4. The topological polar surface area (TPSA) is 15.3 Å². The monoisotopic (exact) mass is 250 g/mol. The van der Waals surface area contributed by atoms with Crippen molar-refractivity contribution in [2.24, 2.45) is 17.8 Å². The van der Waals surface area contributed by atoms with Crippen LogP contribution in [0.5, 0.6) is 0 Å². The second kappa shape index (κ2) is 4.79. The Kier molecular flexibility index (Phi) is 3.44. The highest BCUT2D eigenvalue weighted by Gasteiger charge is 2.44. The van der Waals surface area contributed by atoms with Crippen molar-refractivity contribution >= 4 is 0 Å². The van der Waals surface area contributed by atoms with E-state index >= 15 is 0 Å². The number of fused-ring (bicyclic) bond motifs is 2. The lowest BCUT2D eigenvalue weighted by Crippen LogP contribution is -2.61. The van der Waals surface area contributed by atoms with E-state index in [0.29, 0.717) is 5.54 Å². The van der Waals surface area contributed by atoms with Gasteiger partial charge in [-0.1, -0.05) is 13.3 Å². The van der Waals surface area contributed by atoms with Gasteiger partial charge < -0.3 is 5.32 Å². The summed E-state index contributed by atoms with van der Waals surface area (Å²) in [4.78, 5) is 2.78. The van der Waals surface area contributed by atoms with Gasteiger partial charge >= 0.3 is 0 Å². The van der Waals surface area contributed by atoms with E-state index in [4.69, 9.17) is 0 Å². The van der Waals surface area contributed by atoms with Gasteiger partial charge in [0, 0.05) is 31.2 Å². The van der Waals surface area contributed by atoms with Gasteiger partial charge in [-0.05, 0) is 57.3 Å². The number of hydrogen-bond acceptors (Lipinski definition) is 2. The molecule has 1 aliphatic heterocycles. The predicted molar refractivity (Wildman–Crippen MR) is 76.7 cm³/mol. The number of piperazine rings is 1. The maximum Gasteiger partial charge on any atom is 0.0278 e. The van der Waals surface area contributed by atoms with E-state index in [1.807, 2.05) is 0 Å².